The molecule has 53 heavy (non-hydrogen) atoms. The average molecular weight is 739 g/mol. The molecule has 4 fully saturated rings. The molecule has 0 unspecified atom stereocenters. The van der Waals surface area contributed by atoms with E-state index in [1.54, 1.807) is 6.07 Å². The van der Waals surface area contributed by atoms with E-state index in [4.69, 9.17) is 32.6 Å². The number of benzene rings is 2. The maximum Gasteiger partial charge on any atom is 0.410 e. The number of amides is 1. The number of likely N-dealkylation sites (tertiary alicyclic amines) is 2. The third-order valence-corrected chi connectivity index (χ3v) is 12.9. The smallest absolute Gasteiger partial charge is 0.410 e. The summed E-state index contributed by atoms with van der Waals surface area (Å²) in [6, 6.07) is 16.3. The molecule has 1 aromatic heterocycles. The molecule has 3 aliphatic heterocycles. The van der Waals surface area contributed by atoms with Crippen LogP contribution >= 0.6 is 11.6 Å². The SMILES string of the molecule is [C-]#[N+]c1cc(Cl)cc(C(C)(C)c2ccc(OCc3ccnc(N4CCC5(CC4)CCN(C4CC6(CCN(C(=O)OC(C)(C)C)CC6)C4)CC5)n3)cc2)c1. The van der Waals surface area contributed by atoms with Gasteiger partial charge < -0.3 is 24.2 Å². The van der Waals surface area contributed by atoms with E-state index in [2.05, 4.69) is 45.6 Å². The number of hydrogen-bond acceptors (Lipinski definition) is 7. The van der Waals surface area contributed by atoms with E-state index in [1.165, 1.54) is 51.6 Å². The van der Waals surface area contributed by atoms with Crippen LogP contribution in [-0.2, 0) is 16.8 Å². The van der Waals surface area contributed by atoms with Gasteiger partial charge in [0.1, 0.15) is 18.0 Å². The first-order chi connectivity index (χ1) is 25.2. The van der Waals surface area contributed by atoms with Crippen molar-refractivity contribution in [2.24, 2.45) is 10.8 Å². The first kappa shape index (κ1) is 37.4. The zero-order chi connectivity index (χ0) is 37.4. The Hall–Kier alpha value is -3.87. The topological polar surface area (TPSA) is 75.4 Å². The van der Waals surface area contributed by atoms with Gasteiger partial charge >= 0.3 is 6.09 Å². The molecule has 0 N–H and O–H groups in total. The summed E-state index contributed by atoms with van der Waals surface area (Å²) in [5.74, 6) is 1.58. The number of carbonyl (C=O) groups is 1. The van der Waals surface area contributed by atoms with E-state index in [-0.39, 0.29) is 11.5 Å². The predicted molar refractivity (Wildman–Crippen MR) is 210 cm³/mol. The number of halogens is 1. The lowest BCUT2D eigenvalue weighted by Crippen LogP contribution is -2.58. The maximum atomic E-state index is 12.5. The Kier molecular flexibility index (Phi) is 10.4. The molecule has 9 nitrogen and oxygen atoms in total. The molecule has 4 heterocycles. The van der Waals surface area contributed by atoms with Crippen molar-refractivity contribution in [3.05, 3.63) is 88.0 Å². The van der Waals surface area contributed by atoms with Crippen LogP contribution in [0.2, 0.25) is 5.02 Å². The molecule has 3 aromatic rings. The molecule has 0 atom stereocenters. The summed E-state index contributed by atoms with van der Waals surface area (Å²) in [6.07, 6.45) is 11.4. The summed E-state index contributed by atoms with van der Waals surface area (Å²) in [7, 11) is 0. The minimum atomic E-state index is -0.439. The average Bonchev–Trinajstić information content (AvgIpc) is 3.13. The molecule has 3 saturated heterocycles. The fraction of sp³-hybridized carbons (Fsp3) is 0.581. The number of carbonyl (C=O) groups excluding carboxylic acids is 1. The first-order valence-corrected chi connectivity index (χ1v) is 19.8. The number of hydrogen-bond donors (Lipinski definition) is 0. The van der Waals surface area contributed by atoms with E-state index in [1.807, 2.05) is 62.2 Å². The van der Waals surface area contributed by atoms with Crippen molar-refractivity contribution in [3.63, 3.8) is 0 Å². The summed E-state index contributed by atoms with van der Waals surface area (Å²) in [5, 5.41) is 0.574. The molecule has 0 radical (unpaired) electrons. The number of nitrogens with zero attached hydrogens (tertiary/aromatic N) is 6. The maximum absolute atomic E-state index is 12.5. The van der Waals surface area contributed by atoms with E-state index in [9.17, 15) is 4.79 Å². The van der Waals surface area contributed by atoms with Crippen molar-refractivity contribution in [2.75, 3.05) is 44.2 Å². The van der Waals surface area contributed by atoms with Gasteiger partial charge in [-0.05, 0) is 138 Å². The van der Waals surface area contributed by atoms with Gasteiger partial charge in [-0.2, -0.15) is 0 Å². The van der Waals surface area contributed by atoms with Crippen LogP contribution < -0.4 is 9.64 Å². The molecule has 1 aliphatic carbocycles. The second kappa shape index (κ2) is 14.8. The van der Waals surface area contributed by atoms with Gasteiger partial charge in [0.2, 0.25) is 5.95 Å². The van der Waals surface area contributed by atoms with Crippen LogP contribution in [-0.4, -0.2) is 76.8 Å². The van der Waals surface area contributed by atoms with Crippen molar-refractivity contribution < 1.29 is 14.3 Å². The lowest BCUT2D eigenvalue weighted by molar-refractivity contribution is -0.0645. The minimum absolute atomic E-state index is 0.156. The standard InChI is InChI=1S/C43H55ClN6O3/c1-40(2,3)53-39(51)50-23-16-43(17-24-50)28-36(29-43)48-19-12-42(13-20-48)14-21-49(22-15-42)38-46-18-11-34(47-38)30-52-37-9-7-31(8-10-37)41(4,5)32-25-33(44)27-35(26-32)45-6/h7-11,18,25-27,36H,12-17,19-24,28-30H2,1-5H3. The fourth-order valence-corrected chi connectivity index (χ4v) is 9.28. The Morgan fingerprint density at radius 1 is 0.868 bits per heavy atom. The highest BCUT2D eigenvalue weighted by molar-refractivity contribution is 6.31. The molecular weight excluding hydrogens is 684 g/mol. The summed E-state index contributed by atoms with van der Waals surface area (Å²) >= 11 is 6.31. The zero-order valence-corrected chi connectivity index (χ0v) is 32.9. The quantitative estimate of drug-likeness (QED) is 0.224. The zero-order valence-electron chi connectivity index (χ0n) is 32.2. The van der Waals surface area contributed by atoms with Gasteiger partial charge in [-0.1, -0.05) is 43.6 Å². The van der Waals surface area contributed by atoms with Crippen molar-refractivity contribution in [1.82, 2.24) is 19.8 Å². The van der Waals surface area contributed by atoms with Gasteiger partial charge in [-0.3, -0.25) is 0 Å². The van der Waals surface area contributed by atoms with E-state index in [0.29, 0.717) is 34.2 Å². The Morgan fingerprint density at radius 2 is 1.51 bits per heavy atom. The second-order valence-corrected chi connectivity index (χ2v) is 18.1. The summed E-state index contributed by atoms with van der Waals surface area (Å²) in [6.45, 7) is 23.9. The van der Waals surface area contributed by atoms with Crippen molar-refractivity contribution >= 4 is 29.3 Å². The van der Waals surface area contributed by atoms with E-state index >= 15 is 0 Å². The number of aromatic nitrogens is 2. The number of anilines is 1. The fourth-order valence-electron chi connectivity index (χ4n) is 9.05. The van der Waals surface area contributed by atoms with Crippen LogP contribution in [0.1, 0.15) is 103 Å². The first-order valence-electron chi connectivity index (χ1n) is 19.4. The summed E-state index contributed by atoms with van der Waals surface area (Å²) in [5.41, 5.74) is 3.63. The van der Waals surface area contributed by atoms with Gasteiger partial charge in [0.05, 0.1) is 12.3 Å². The molecule has 0 bridgehead atoms. The highest BCUT2D eigenvalue weighted by Crippen LogP contribution is 2.53. The summed E-state index contributed by atoms with van der Waals surface area (Å²) < 4.78 is 11.8. The van der Waals surface area contributed by atoms with Crippen LogP contribution in [0.4, 0.5) is 16.4 Å². The van der Waals surface area contributed by atoms with Crippen LogP contribution in [0.5, 0.6) is 5.75 Å². The van der Waals surface area contributed by atoms with Gasteiger partial charge in [0.25, 0.3) is 0 Å². The van der Waals surface area contributed by atoms with Crippen molar-refractivity contribution in [2.45, 2.75) is 110 Å². The summed E-state index contributed by atoms with van der Waals surface area (Å²) in [4.78, 5) is 32.7. The predicted octanol–water partition coefficient (Wildman–Crippen LogP) is 9.45. The Morgan fingerprint density at radius 3 is 2.15 bits per heavy atom. The molecule has 1 amide bonds. The van der Waals surface area contributed by atoms with Gasteiger partial charge in [-0.15, -0.1) is 0 Å². The molecule has 1 saturated carbocycles. The molecule has 282 valence electrons. The minimum Gasteiger partial charge on any atom is -0.487 e. The van der Waals surface area contributed by atoms with Gasteiger partial charge in [0.15, 0.2) is 5.69 Å². The Labute approximate surface area is 320 Å². The monoisotopic (exact) mass is 738 g/mol. The van der Waals surface area contributed by atoms with Crippen molar-refractivity contribution in [1.29, 1.82) is 0 Å². The Bertz CT molecular complexity index is 1800. The molecular formula is C43H55ClN6O3. The highest BCUT2D eigenvalue weighted by Gasteiger charge is 2.50. The third-order valence-electron chi connectivity index (χ3n) is 12.7. The Balaban J connectivity index is 0.852. The molecule has 10 heteroatoms. The number of rotatable bonds is 7. The highest BCUT2D eigenvalue weighted by atomic mass is 35.5. The van der Waals surface area contributed by atoms with Crippen LogP contribution in [0.15, 0.2) is 54.7 Å². The second-order valence-electron chi connectivity index (χ2n) is 17.6. The normalized spacial score (nSPS) is 20.5. The molecule has 7 rings (SSSR count). The molecule has 2 aromatic carbocycles. The van der Waals surface area contributed by atoms with Gasteiger partial charge in [0, 0.05) is 48.9 Å². The largest absolute Gasteiger partial charge is 0.487 e. The lowest BCUT2D eigenvalue weighted by Gasteiger charge is -2.57. The van der Waals surface area contributed by atoms with Crippen LogP contribution in [0, 0.1) is 17.4 Å². The molecule has 2 spiro atoms. The van der Waals surface area contributed by atoms with Crippen molar-refractivity contribution in [3.8, 4) is 5.75 Å². The van der Waals surface area contributed by atoms with E-state index in [0.717, 1.165) is 67.5 Å². The van der Waals surface area contributed by atoms with Crippen LogP contribution in [0.3, 0.4) is 0 Å². The number of ether oxygens (including phenoxy) is 2. The lowest BCUT2D eigenvalue weighted by atomic mass is 9.59. The van der Waals surface area contributed by atoms with Crippen LogP contribution in [0.25, 0.3) is 4.85 Å². The number of piperidine rings is 3. The third kappa shape index (κ3) is 8.44. The van der Waals surface area contributed by atoms with E-state index < -0.39 is 5.60 Å². The van der Waals surface area contributed by atoms with Gasteiger partial charge in [-0.25, -0.2) is 19.6 Å². The molecule has 4 aliphatic rings.